The van der Waals surface area contributed by atoms with Gasteiger partial charge in [-0.15, -0.1) is 0 Å². The lowest BCUT2D eigenvalue weighted by atomic mass is 10.1. The van der Waals surface area contributed by atoms with Gasteiger partial charge in [-0.1, -0.05) is 0 Å². The third-order valence-electron chi connectivity index (χ3n) is 2.27. The number of pyridine rings is 1. The molecule has 0 saturated carbocycles. The first-order valence-electron chi connectivity index (χ1n) is 4.46. The van der Waals surface area contributed by atoms with Crippen LogP contribution < -0.4 is 5.63 Å². The Hall–Kier alpha value is -1.64. The molecule has 3 heteroatoms. The molecular weight excluding hydrogens is 178 g/mol. The van der Waals surface area contributed by atoms with Gasteiger partial charge in [-0.25, -0.2) is 4.79 Å². The number of rotatable bonds is 0. The van der Waals surface area contributed by atoms with Crippen molar-refractivity contribution >= 4 is 10.9 Å². The minimum atomic E-state index is -0.310. The van der Waals surface area contributed by atoms with Gasteiger partial charge in [0.25, 0.3) is 0 Å². The van der Waals surface area contributed by atoms with E-state index >= 15 is 0 Å². The third-order valence-corrected chi connectivity index (χ3v) is 2.27. The molecule has 0 unspecified atom stereocenters. The zero-order valence-electron chi connectivity index (χ0n) is 8.42. The van der Waals surface area contributed by atoms with Crippen LogP contribution in [0.5, 0.6) is 0 Å². The van der Waals surface area contributed by atoms with Crippen LogP contribution in [0, 0.1) is 20.8 Å². The lowest BCUT2D eigenvalue weighted by molar-refractivity contribution is 0.515. The summed E-state index contributed by atoms with van der Waals surface area (Å²) < 4.78 is 4.90. The van der Waals surface area contributed by atoms with E-state index in [1.807, 2.05) is 26.8 Å². The molecule has 0 aromatic carbocycles. The van der Waals surface area contributed by atoms with Gasteiger partial charge in [0, 0.05) is 11.3 Å². The molecule has 2 rings (SSSR count). The highest BCUT2D eigenvalue weighted by atomic mass is 16.4. The summed E-state index contributed by atoms with van der Waals surface area (Å²) in [4.78, 5) is 15.8. The standard InChI is InChI=1S/C11H11NO2/c1-6-4-8(3)12-10-7(2)5-14-11(13)9(6)10/h4-5H,1-3H3. The molecule has 0 amide bonds. The number of nitrogens with zero attached hydrogens (tertiary/aromatic N) is 1. The predicted molar refractivity (Wildman–Crippen MR) is 54.5 cm³/mol. The van der Waals surface area contributed by atoms with Crippen LogP contribution in [0.15, 0.2) is 21.5 Å². The summed E-state index contributed by atoms with van der Waals surface area (Å²) >= 11 is 0. The third kappa shape index (κ3) is 1.21. The van der Waals surface area contributed by atoms with Crippen molar-refractivity contribution in [3.63, 3.8) is 0 Å². The fourth-order valence-corrected chi connectivity index (χ4v) is 1.64. The SMILES string of the molecule is Cc1cc(C)c2c(=O)occ(C)c2n1. The maximum absolute atomic E-state index is 11.5. The predicted octanol–water partition coefficient (Wildman–Crippen LogP) is 2.11. The van der Waals surface area contributed by atoms with E-state index in [1.54, 1.807) is 0 Å². The van der Waals surface area contributed by atoms with Crippen molar-refractivity contribution in [1.82, 2.24) is 4.98 Å². The fourth-order valence-electron chi connectivity index (χ4n) is 1.64. The number of fused-ring (bicyclic) bond motifs is 1. The second-order valence-electron chi connectivity index (χ2n) is 3.51. The van der Waals surface area contributed by atoms with Crippen molar-refractivity contribution < 1.29 is 4.42 Å². The number of aryl methyl sites for hydroxylation is 3. The minimum Gasteiger partial charge on any atom is -0.430 e. The Morgan fingerprint density at radius 3 is 2.64 bits per heavy atom. The molecule has 0 fully saturated rings. The topological polar surface area (TPSA) is 43.1 Å². The molecule has 2 aromatic rings. The normalized spacial score (nSPS) is 10.8. The Bertz CT molecular complexity index is 555. The Morgan fingerprint density at radius 1 is 1.21 bits per heavy atom. The Kier molecular flexibility index (Phi) is 1.88. The van der Waals surface area contributed by atoms with Crippen molar-refractivity contribution in [2.45, 2.75) is 20.8 Å². The number of hydrogen-bond donors (Lipinski definition) is 0. The van der Waals surface area contributed by atoms with Gasteiger partial charge in [-0.3, -0.25) is 4.98 Å². The molecule has 2 aromatic heterocycles. The van der Waals surface area contributed by atoms with E-state index in [9.17, 15) is 4.79 Å². The monoisotopic (exact) mass is 189 g/mol. The highest BCUT2D eigenvalue weighted by molar-refractivity contribution is 5.83. The summed E-state index contributed by atoms with van der Waals surface area (Å²) in [7, 11) is 0. The van der Waals surface area contributed by atoms with Gasteiger partial charge in [-0.2, -0.15) is 0 Å². The quantitative estimate of drug-likeness (QED) is 0.637. The molecule has 0 radical (unpaired) electrons. The van der Waals surface area contributed by atoms with Crippen molar-refractivity contribution in [1.29, 1.82) is 0 Å². The van der Waals surface area contributed by atoms with E-state index in [1.165, 1.54) is 6.26 Å². The van der Waals surface area contributed by atoms with Crippen LogP contribution in [0.3, 0.4) is 0 Å². The van der Waals surface area contributed by atoms with Crippen molar-refractivity contribution in [3.8, 4) is 0 Å². The summed E-state index contributed by atoms with van der Waals surface area (Å²) in [6.45, 7) is 5.70. The summed E-state index contributed by atoms with van der Waals surface area (Å²) in [5, 5.41) is 0.593. The second-order valence-corrected chi connectivity index (χ2v) is 3.51. The number of aromatic nitrogens is 1. The molecule has 2 heterocycles. The molecule has 0 aliphatic heterocycles. The molecule has 0 aliphatic carbocycles. The maximum Gasteiger partial charge on any atom is 0.345 e. The fraction of sp³-hybridized carbons (Fsp3) is 0.273. The van der Waals surface area contributed by atoms with Gasteiger partial charge in [0.2, 0.25) is 0 Å². The van der Waals surface area contributed by atoms with E-state index in [0.29, 0.717) is 5.39 Å². The minimum absolute atomic E-state index is 0.310. The van der Waals surface area contributed by atoms with E-state index in [-0.39, 0.29) is 5.63 Å². The van der Waals surface area contributed by atoms with Gasteiger partial charge < -0.3 is 4.42 Å². The molecule has 0 atom stereocenters. The second kappa shape index (κ2) is 2.94. The van der Waals surface area contributed by atoms with Crippen LogP contribution >= 0.6 is 0 Å². The molecule has 0 aliphatic rings. The van der Waals surface area contributed by atoms with Gasteiger partial charge in [-0.05, 0) is 32.4 Å². The van der Waals surface area contributed by atoms with Crippen LogP contribution in [0.1, 0.15) is 16.8 Å². The maximum atomic E-state index is 11.5. The van der Waals surface area contributed by atoms with Crippen LogP contribution in [-0.2, 0) is 0 Å². The zero-order valence-corrected chi connectivity index (χ0v) is 8.42. The Balaban J connectivity index is 3.08. The Morgan fingerprint density at radius 2 is 1.93 bits per heavy atom. The molecule has 72 valence electrons. The average molecular weight is 189 g/mol. The molecule has 3 nitrogen and oxygen atoms in total. The van der Waals surface area contributed by atoms with Crippen LogP contribution in [-0.4, -0.2) is 4.98 Å². The first-order chi connectivity index (χ1) is 6.59. The van der Waals surface area contributed by atoms with Crippen LogP contribution in [0.25, 0.3) is 10.9 Å². The summed E-state index contributed by atoms with van der Waals surface area (Å²) in [6.07, 6.45) is 1.45. The molecule has 0 spiro atoms. The average Bonchev–Trinajstić information content (AvgIpc) is 2.10. The van der Waals surface area contributed by atoms with E-state index in [0.717, 1.165) is 22.3 Å². The Labute approximate surface area is 81.4 Å². The summed E-state index contributed by atoms with van der Waals surface area (Å²) in [5.41, 5.74) is 3.18. The van der Waals surface area contributed by atoms with Gasteiger partial charge >= 0.3 is 5.63 Å². The first-order valence-corrected chi connectivity index (χ1v) is 4.46. The summed E-state index contributed by atoms with van der Waals surface area (Å²) in [5.74, 6) is 0. The highest BCUT2D eigenvalue weighted by Gasteiger charge is 2.08. The molecule has 0 saturated heterocycles. The van der Waals surface area contributed by atoms with E-state index < -0.39 is 0 Å². The zero-order chi connectivity index (χ0) is 10.3. The molecule has 0 N–H and O–H groups in total. The van der Waals surface area contributed by atoms with Crippen molar-refractivity contribution in [2.24, 2.45) is 0 Å². The molecular formula is C11H11NO2. The highest BCUT2D eigenvalue weighted by Crippen LogP contribution is 2.16. The smallest absolute Gasteiger partial charge is 0.345 e. The van der Waals surface area contributed by atoms with Crippen molar-refractivity contribution in [2.75, 3.05) is 0 Å². The lowest BCUT2D eigenvalue weighted by Crippen LogP contribution is -2.04. The van der Waals surface area contributed by atoms with Gasteiger partial charge in [0.05, 0.1) is 17.2 Å². The summed E-state index contributed by atoms with van der Waals surface area (Å²) in [6, 6.07) is 1.89. The van der Waals surface area contributed by atoms with Gasteiger partial charge in [0.15, 0.2) is 0 Å². The van der Waals surface area contributed by atoms with Crippen LogP contribution in [0.4, 0.5) is 0 Å². The first kappa shape index (κ1) is 8.94. The van der Waals surface area contributed by atoms with Crippen molar-refractivity contribution in [3.05, 3.63) is 39.6 Å². The molecule has 0 bridgehead atoms. The number of hydrogen-bond acceptors (Lipinski definition) is 3. The molecule has 14 heavy (non-hydrogen) atoms. The van der Waals surface area contributed by atoms with Gasteiger partial charge in [0.1, 0.15) is 0 Å². The largest absolute Gasteiger partial charge is 0.430 e. The van der Waals surface area contributed by atoms with Crippen LogP contribution in [0.2, 0.25) is 0 Å². The van der Waals surface area contributed by atoms with E-state index in [2.05, 4.69) is 4.98 Å². The van der Waals surface area contributed by atoms with E-state index in [4.69, 9.17) is 4.42 Å². The lowest BCUT2D eigenvalue weighted by Gasteiger charge is -2.03.